The summed E-state index contributed by atoms with van der Waals surface area (Å²) in [6, 6.07) is 0. The van der Waals surface area contributed by atoms with Crippen molar-refractivity contribution in [3.63, 3.8) is 0 Å². The first kappa shape index (κ1) is 18.3. The van der Waals surface area contributed by atoms with Crippen LogP contribution < -0.4 is 10.6 Å². The molecule has 0 saturated carbocycles. The number of halogens is 2. The maximum atomic E-state index is 11.9. The van der Waals surface area contributed by atoms with E-state index in [0.29, 0.717) is 12.2 Å². The van der Waals surface area contributed by atoms with Gasteiger partial charge in [0.25, 0.3) is 5.91 Å². The molecule has 0 spiro atoms. The van der Waals surface area contributed by atoms with Crippen LogP contribution in [0.4, 0.5) is 0 Å². The average Bonchev–Trinajstić information content (AvgIpc) is 3.00. The van der Waals surface area contributed by atoms with Crippen molar-refractivity contribution < 1.29 is 4.79 Å². The zero-order chi connectivity index (χ0) is 13.9. The highest BCUT2D eigenvalue weighted by atomic mass is 35.5. The number of nitrogens with one attached hydrogen (secondary N) is 3. The number of hydrogen-bond donors (Lipinski definition) is 3. The van der Waals surface area contributed by atoms with Gasteiger partial charge < -0.3 is 10.6 Å². The number of hydrogen-bond acceptors (Lipinski definition) is 5. The average molecular weight is 345 g/mol. The zero-order valence-corrected chi connectivity index (χ0v) is 13.7. The maximum Gasteiger partial charge on any atom is 0.273 e. The summed E-state index contributed by atoms with van der Waals surface area (Å²) < 4.78 is 0. The van der Waals surface area contributed by atoms with E-state index in [0.717, 1.165) is 30.8 Å². The molecule has 120 valence electrons. The highest BCUT2D eigenvalue weighted by Crippen LogP contribution is 2.20. The van der Waals surface area contributed by atoms with Crippen molar-refractivity contribution in [2.24, 2.45) is 0 Å². The molecule has 0 fully saturated rings. The van der Waals surface area contributed by atoms with Gasteiger partial charge in [-0.2, -0.15) is 15.4 Å². The molecular formula is C13H18Cl2N6O. The van der Waals surface area contributed by atoms with E-state index < -0.39 is 0 Å². The summed E-state index contributed by atoms with van der Waals surface area (Å²) in [6.45, 7) is 4.24. The Balaban J connectivity index is 0.00000121. The van der Waals surface area contributed by atoms with Crippen LogP contribution in [0.3, 0.4) is 0 Å². The third-order valence-corrected chi connectivity index (χ3v) is 3.54. The van der Waals surface area contributed by atoms with Crippen LogP contribution in [0.2, 0.25) is 0 Å². The minimum absolute atomic E-state index is 0. The van der Waals surface area contributed by atoms with Crippen LogP contribution in [-0.4, -0.2) is 32.8 Å². The first-order valence-electron chi connectivity index (χ1n) is 6.56. The number of H-pyrrole nitrogens is 1. The first-order valence-corrected chi connectivity index (χ1v) is 6.56. The summed E-state index contributed by atoms with van der Waals surface area (Å²) in [5, 5.41) is 16.0. The molecule has 0 aromatic carbocycles. The molecule has 3 heterocycles. The Kier molecular flexibility index (Phi) is 6.73. The van der Waals surface area contributed by atoms with E-state index in [2.05, 4.69) is 31.0 Å². The fourth-order valence-corrected chi connectivity index (χ4v) is 2.45. The molecule has 0 atom stereocenters. The molecule has 0 saturated heterocycles. The van der Waals surface area contributed by atoms with Crippen molar-refractivity contribution in [2.75, 3.05) is 6.54 Å². The highest BCUT2D eigenvalue weighted by Gasteiger charge is 2.17. The van der Waals surface area contributed by atoms with Gasteiger partial charge in [0.05, 0.1) is 6.20 Å². The smallest absolute Gasteiger partial charge is 0.273 e. The Morgan fingerprint density at radius 2 is 2.18 bits per heavy atom. The second-order valence-corrected chi connectivity index (χ2v) is 4.79. The van der Waals surface area contributed by atoms with Crippen LogP contribution in [0.15, 0.2) is 12.4 Å². The summed E-state index contributed by atoms with van der Waals surface area (Å²) in [7, 11) is 0. The van der Waals surface area contributed by atoms with Crippen molar-refractivity contribution in [2.45, 2.75) is 26.4 Å². The second kappa shape index (κ2) is 8.07. The highest BCUT2D eigenvalue weighted by molar-refractivity contribution is 5.91. The van der Waals surface area contributed by atoms with E-state index in [1.54, 1.807) is 0 Å². The van der Waals surface area contributed by atoms with Gasteiger partial charge in [-0.3, -0.25) is 9.78 Å². The Bertz CT molecular complexity index is 632. The topological polar surface area (TPSA) is 95.6 Å². The van der Waals surface area contributed by atoms with Crippen molar-refractivity contribution in [1.82, 2.24) is 31.0 Å². The van der Waals surface area contributed by atoms with Gasteiger partial charge in [0.2, 0.25) is 0 Å². The van der Waals surface area contributed by atoms with Gasteiger partial charge in [0.15, 0.2) is 5.69 Å². The molecule has 0 unspecified atom stereocenters. The minimum Gasteiger partial charge on any atom is -0.346 e. The van der Waals surface area contributed by atoms with Crippen LogP contribution >= 0.6 is 24.8 Å². The number of aromatic nitrogens is 4. The SMILES string of the molecule is Cc1ncc2c(c1CNC(=O)c1cn[nH]n1)CCNC2.Cl.Cl. The molecule has 1 aliphatic rings. The third kappa shape index (κ3) is 3.73. The summed E-state index contributed by atoms with van der Waals surface area (Å²) in [4.78, 5) is 16.3. The van der Waals surface area contributed by atoms with Gasteiger partial charge in [-0.15, -0.1) is 24.8 Å². The van der Waals surface area contributed by atoms with Crippen LogP contribution in [0.5, 0.6) is 0 Å². The molecule has 7 nitrogen and oxygen atoms in total. The first-order chi connectivity index (χ1) is 9.75. The lowest BCUT2D eigenvalue weighted by atomic mass is 9.96. The summed E-state index contributed by atoms with van der Waals surface area (Å²) in [5.74, 6) is -0.232. The largest absolute Gasteiger partial charge is 0.346 e. The fraction of sp³-hybridized carbons (Fsp3) is 0.385. The van der Waals surface area contributed by atoms with Gasteiger partial charge in [-0.1, -0.05) is 0 Å². The molecule has 0 bridgehead atoms. The predicted molar refractivity (Wildman–Crippen MR) is 86.4 cm³/mol. The number of aryl methyl sites for hydroxylation is 1. The van der Waals surface area contributed by atoms with E-state index in [9.17, 15) is 4.79 Å². The van der Waals surface area contributed by atoms with E-state index in [1.165, 1.54) is 17.3 Å². The molecule has 3 rings (SSSR count). The number of fused-ring (bicyclic) bond motifs is 1. The number of carbonyl (C=O) groups excluding carboxylic acids is 1. The molecule has 1 amide bonds. The lowest BCUT2D eigenvalue weighted by Gasteiger charge is -2.21. The number of aromatic amines is 1. The lowest BCUT2D eigenvalue weighted by molar-refractivity contribution is 0.0945. The van der Waals surface area contributed by atoms with Crippen molar-refractivity contribution in [1.29, 1.82) is 0 Å². The van der Waals surface area contributed by atoms with Crippen molar-refractivity contribution >= 4 is 30.7 Å². The summed E-state index contributed by atoms with van der Waals surface area (Å²) in [5.41, 5.74) is 4.89. The van der Waals surface area contributed by atoms with Gasteiger partial charge in [0, 0.05) is 25.0 Å². The van der Waals surface area contributed by atoms with Gasteiger partial charge >= 0.3 is 0 Å². The van der Waals surface area contributed by atoms with Crippen molar-refractivity contribution in [3.8, 4) is 0 Å². The molecule has 1 aliphatic heterocycles. The lowest BCUT2D eigenvalue weighted by Crippen LogP contribution is -2.29. The van der Waals surface area contributed by atoms with Crippen LogP contribution in [0.1, 0.15) is 32.9 Å². The van der Waals surface area contributed by atoms with Crippen LogP contribution in [-0.2, 0) is 19.5 Å². The number of nitrogens with zero attached hydrogens (tertiary/aromatic N) is 3. The van der Waals surface area contributed by atoms with Crippen LogP contribution in [0, 0.1) is 6.92 Å². The third-order valence-electron chi connectivity index (χ3n) is 3.54. The summed E-state index contributed by atoms with van der Waals surface area (Å²) in [6.07, 6.45) is 4.29. The van der Waals surface area contributed by atoms with E-state index in [4.69, 9.17) is 0 Å². The van der Waals surface area contributed by atoms with E-state index in [1.807, 2.05) is 13.1 Å². The molecule has 2 aromatic heterocycles. The second-order valence-electron chi connectivity index (χ2n) is 4.79. The molecule has 0 aliphatic carbocycles. The van der Waals surface area contributed by atoms with Gasteiger partial charge in [-0.05, 0) is 36.6 Å². The maximum absolute atomic E-state index is 11.9. The Morgan fingerprint density at radius 3 is 2.91 bits per heavy atom. The molecule has 2 aromatic rings. The number of carbonyl (C=O) groups is 1. The van der Waals surface area contributed by atoms with Gasteiger partial charge in [0.1, 0.15) is 0 Å². The molecule has 9 heteroatoms. The van der Waals surface area contributed by atoms with Crippen LogP contribution in [0.25, 0.3) is 0 Å². The predicted octanol–water partition coefficient (Wildman–Crippen LogP) is 0.927. The normalized spacial score (nSPS) is 12.6. The summed E-state index contributed by atoms with van der Waals surface area (Å²) >= 11 is 0. The number of rotatable bonds is 3. The zero-order valence-electron chi connectivity index (χ0n) is 12.0. The number of amides is 1. The number of pyridine rings is 1. The molecule has 22 heavy (non-hydrogen) atoms. The fourth-order valence-electron chi connectivity index (χ4n) is 2.45. The Labute approximate surface area is 140 Å². The molecular weight excluding hydrogens is 327 g/mol. The standard InChI is InChI=1S/C13H16N6O.2ClH/c1-8-11(6-16-13(20)12-7-17-19-18-12)10-2-3-14-4-9(10)5-15-8;;/h5,7,14H,2-4,6H2,1H3,(H,16,20)(H,17,18,19);2*1H. The molecule has 3 N–H and O–H groups in total. The van der Waals surface area contributed by atoms with E-state index >= 15 is 0 Å². The Hall–Kier alpha value is -1.70. The van der Waals surface area contributed by atoms with Gasteiger partial charge in [-0.25, -0.2) is 0 Å². The monoisotopic (exact) mass is 344 g/mol. The minimum atomic E-state index is -0.232. The van der Waals surface area contributed by atoms with E-state index in [-0.39, 0.29) is 30.7 Å². The molecule has 0 radical (unpaired) electrons. The van der Waals surface area contributed by atoms with Crippen molar-refractivity contribution in [3.05, 3.63) is 40.5 Å². The quantitative estimate of drug-likeness (QED) is 0.769. The Morgan fingerprint density at radius 1 is 1.36 bits per heavy atom.